The summed E-state index contributed by atoms with van der Waals surface area (Å²) < 4.78 is 21.8. The van der Waals surface area contributed by atoms with Crippen LogP contribution in [0.2, 0.25) is 0 Å². The van der Waals surface area contributed by atoms with E-state index in [0.717, 1.165) is 52.6 Å². The Morgan fingerprint density at radius 1 is 0.548 bits per heavy atom. The second-order valence-electron chi connectivity index (χ2n) is 9.14. The first-order valence-corrected chi connectivity index (χ1v) is 12.8. The van der Waals surface area contributed by atoms with E-state index in [1.165, 1.54) is 21.7 Å². The Labute approximate surface area is 185 Å². The Morgan fingerprint density at radius 3 is 1.10 bits per heavy atom. The Bertz CT molecular complexity index is 776. The lowest BCUT2D eigenvalue weighted by Crippen LogP contribution is -2.33. The largest absolute Gasteiger partial charge is 0.371 e. The van der Waals surface area contributed by atoms with E-state index in [0.29, 0.717) is 24.4 Å². The van der Waals surface area contributed by atoms with Crippen molar-refractivity contribution in [1.29, 1.82) is 0 Å². The Morgan fingerprint density at radius 2 is 0.839 bits per heavy atom. The fourth-order valence-electron chi connectivity index (χ4n) is 4.13. The maximum absolute atomic E-state index is 5.45. The summed E-state index contributed by atoms with van der Waals surface area (Å²) >= 11 is 0. The molecule has 0 bridgehead atoms. The van der Waals surface area contributed by atoms with Crippen LogP contribution in [0.4, 0.5) is 11.4 Å². The summed E-state index contributed by atoms with van der Waals surface area (Å²) in [5.41, 5.74) is 2.55. The van der Waals surface area contributed by atoms with Gasteiger partial charge in [-0.05, 0) is 24.3 Å². The highest BCUT2D eigenvalue weighted by molar-refractivity contribution is 6.67. The molecule has 0 aromatic heterocycles. The third kappa shape index (κ3) is 5.67. The number of hydrogen-bond acceptors (Lipinski definition) is 6. The molecule has 0 amide bonds. The summed E-state index contributed by atoms with van der Waals surface area (Å²) in [6, 6.07) is 18.3. The Kier molecular flexibility index (Phi) is 5.45. The number of nitrogens with zero attached hydrogens (tertiary/aromatic N) is 2. The van der Waals surface area contributed by atoms with Crippen molar-refractivity contribution in [3.05, 3.63) is 48.5 Å². The van der Waals surface area contributed by atoms with Crippen LogP contribution < -0.4 is 20.2 Å². The first-order chi connectivity index (χ1) is 15.3. The maximum atomic E-state index is 5.45. The van der Waals surface area contributed by atoms with Gasteiger partial charge in [0.25, 0.3) is 0 Å². The van der Waals surface area contributed by atoms with Gasteiger partial charge >= 0.3 is 0 Å². The van der Waals surface area contributed by atoms with E-state index in [9.17, 15) is 0 Å². The molecule has 2 aromatic rings. The molecule has 4 aliphatic heterocycles. The van der Waals surface area contributed by atoms with Gasteiger partial charge in [-0.15, -0.1) is 0 Å². The molecule has 7 heteroatoms. The van der Waals surface area contributed by atoms with E-state index >= 15 is 0 Å². The highest BCUT2D eigenvalue weighted by atomic mass is 28.2. The minimum Gasteiger partial charge on any atom is -0.371 e. The van der Waals surface area contributed by atoms with Crippen molar-refractivity contribution < 1.29 is 18.9 Å². The molecule has 0 saturated carbocycles. The highest BCUT2D eigenvalue weighted by Gasteiger charge is 2.32. The summed E-state index contributed by atoms with van der Waals surface area (Å²) in [5, 5.41) is 2.94. The third-order valence-corrected chi connectivity index (χ3v) is 8.08. The Balaban J connectivity index is 1.08. The molecule has 4 aliphatic rings. The van der Waals surface area contributed by atoms with Gasteiger partial charge in [0, 0.05) is 37.6 Å². The van der Waals surface area contributed by atoms with Crippen LogP contribution in [0, 0.1) is 0 Å². The van der Waals surface area contributed by atoms with Crippen molar-refractivity contribution in [2.24, 2.45) is 0 Å². The standard InChI is InChI=1S/C24H30N2O4Si/c1-5-23(6-2-17(1)25(9-19-13-27-19)10-20-14-28-20)31-24-7-3-18(4-8-24)26(11-21-15-29-21)12-22-16-30-22/h1-8,19-22H,9-16,31H2. The molecular formula is C24H30N2O4Si. The number of hydrogen-bond donors (Lipinski definition) is 0. The van der Waals surface area contributed by atoms with Crippen LogP contribution in [-0.2, 0) is 18.9 Å². The molecule has 4 unspecified atom stereocenters. The van der Waals surface area contributed by atoms with E-state index < -0.39 is 9.52 Å². The van der Waals surface area contributed by atoms with Gasteiger partial charge in [0.15, 0.2) is 0 Å². The fourth-order valence-corrected chi connectivity index (χ4v) is 5.55. The molecule has 164 valence electrons. The lowest BCUT2D eigenvalue weighted by molar-refractivity contribution is 0.388. The second kappa shape index (κ2) is 8.56. The molecule has 4 heterocycles. The van der Waals surface area contributed by atoms with Crippen LogP contribution in [0.25, 0.3) is 0 Å². The quantitative estimate of drug-likeness (QED) is 0.344. The molecule has 4 saturated heterocycles. The predicted octanol–water partition coefficient (Wildman–Crippen LogP) is 0.0142. The molecular weight excluding hydrogens is 408 g/mol. The third-order valence-electron chi connectivity index (χ3n) is 6.32. The average Bonchev–Trinajstić information content (AvgIpc) is 3.63. The second-order valence-corrected chi connectivity index (χ2v) is 11.1. The van der Waals surface area contributed by atoms with Gasteiger partial charge in [0.05, 0.1) is 60.4 Å². The van der Waals surface area contributed by atoms with E-state index in [1.807, 2.05) is 0 Å². The van der Waals surface area contributed by atoms with Crippen molar-refractivity contribution in [2.45, 2.75) is 24.4 Å². The first-order valence-electron chi connectivity index (χ1n) is 11.4. The minimum absolute atomic E-state index is 0.392. The summed E-state index contributed by atoms with van der Waals surface area (Å²) in [4.78, 5) is 4.83. The molecule has 0 N–H and O–H groups in total. The zero-order valence-corrected chi connectivity index (χ0v) is 19.2. The van der Waals surface area contributed by atoms with Gasteiger partial charge in [-0.3, -0.25) is 0 Å². The van der Waals surface area contributed by atoms with Crippen molar-refractivity contribution in [3.63, 3.8) is 0 Å². The normalized spacial score (nSPS) is 28.0. The van der Waals surface area contributed by atoms with E-state index in [-0.39, 0.29) is 0 Å². The summed E-state index contributed by atoms with van der Waals surface area (Å²) in [6.07, 6.45) is 1.57. The number of anilines is 2. The van der Waals surface area contributed by atoms with E-state index in [1.54, 1.807) is 0 Å². The average molecular weight is 439 g/mol. The van der Waals surface area contributed by atoms with Crippen LogP contribution in [-0.4, -0.2) is 86.5 Å². The number of epoxide rings is 4. The van der Waals surface area contributed by atoms with Crippen LogP contribution in [0.1, 0.15) is 0 Å². The van der Waals surface area contributed by atoms with Gasteiger partial charge < -0.3 is 28.7 Å². The SMILES string of the molecule is c1cc(N(CC2CO2)CC2CO2)ccc1[SiH2]c1ccc(N(CC2CO2)CC2CO2)cc1. The van der Waals surface area contributed by atoms with E-state index in [2.05, 4.69) is 58.3 Å². The van der Waals surface area contributed by atoms with Crippen molar-refractivity contribution in [1.82, 2.24) is 0 Å². The van der Waals surface area contributed by atoms with Gasteiger partial charge in [-0.2, -0.15) is 0 Å². The molecule has 0 radical (unpaired) electrons. The van der Waals surface area contributed by atoms with Crippen LogP contribution in [0.5, 0.6) is 0 Å². The van der Waals surface area contributed by atoms with Crippen LogP contribution in [0.15, 0.2) is 48.5 Å². The van der Waals surface area contributed by atoms with Crippen molar-refractivity contribution in [3.8, 4) is 0 Å². The van der Waals surface area contributed by atoms with Gasteiger partial charge in [-0.1, -0.05) is 34.6 Å². The molecule has 31 heavy (non-hydrogen) atoms. The first kappa shape index (κ1) is 19.8. The molecule has 6 nitrogen and oxygen atoms in total. The monoisotopic (exact) mass is 438 g/mol. The molecule has 2 aromatic carbocycles. The lowest BCUT2D eigenvalue weighted by Gasteiger charge is -2.24. The molecule has 0 aliphatic carbocycles. The molecule has 4 fully saturated rings. The topological polar surface area (TPSA) is 56.6 Å². The summed E-state index contributed by atoms with van der Waals surface area (Å²) in [5.74, 6) is 0. The Hall–Kier alpha value is -1.90. The smallest absolute Gasteiger partial charge is 0.0984 e. The maximum Gasteiger partial charge on any atom is 0.0984 e. The highest BCUT2D eigenvalue weighted by Crippen LogP contribution is 2.23. The minimum atomic E-state index is -0.489. The van der Waals surface area contributed by atoms with Gasteiger partial charge in [0.2, 0.25) is 0 Å². The van der Waals surface area contributed by atoms with Crippen LogP contribution >= 0.6 is 0 Å². The van der Waals surface area contributed by atoms with Crippen molar-refractivity contribution in [2.75, 3.05) is 62.4 Å². The summed E-state index contributed by atoms with van der Waals surface area (Å²) in [7, 11) is -0.489. The zero-order chi connectivity index (χ0) is 20.6. The molecule has 6 rings (SSSR count). The predicted molar refractivity (Wildman–Crippen MR) is 124 cm³/mol. The number of ether oxygens (including phenoxy) is 4. The number of rotatable bonds is 12. The van der Waals surface area contributed by atoms with Gasteiger partial charge in [0.1, 0.15) is 0 Å². The fraction of sp³-hybridized carbons (Fsp3) is 0.500. The van der Waals surface area contributed by atoms with Gasteiger partial charge in [-0.25, -0.2) is 0 Å². The van der Waals surface area contributed by atoms with Crippen LogP contribution in [0.3, 0.4) is 0 Å². The van der Waals surface area contributed by atoms with Crippen molar-refractivity contribution >= 4 is 31.3 Å². The zero-order valence-electron chi connectivity index (χ0n) is 17.8. The molecule has 4 atom stereocenters. The summed E-state index contributed by atoms with van der Waals surface area (Å²) in [6.45, 7) is 7.42. The van der Waals surface area contributed by atoms with E-state index in [4.69, 9.17) is 18.9 Å². The lowest BCUT2D eigenvalue weighted by atomic mass is 10.2. The number of benzene rings is 2. The molecule has 0 spiro atoms.